The Hall–Kier alpha value is -2.62. The van der Waals surface area contributed by atoms with E-state index in [1.54, 1.807) is 0 Å². The van der Waals surface area contributed by atoms with Crippen LogP contribution in [0.5, 0.6) is 0 Å². The summed E-state index contributed by atoms with van der Waals surface area (Å²) in [6, 6.07) is 18.8. The maximum atomic E-state index is 11.8. The van der Waals surface area contributed by atoms with Gasteiger partial charge < -0.3 is 10.1 Å². The summed E-state index contributed by atoms with van der Waals surface area (Å²) in [5.74, 6) is -0.716. The van der Waals surface area contributed by atoms with E-state index in [1.807, 2.05) is 67.6 Å². The van der Waals surface area contributed by atoms with E-state index in [4.69, 9.17) is 4.74 Å². The third-order valence-electron chi connectivity index (χ3n) is 3.23. The van der Waals surface area contributed by atoms with Gasteiger partial charge in [-0.15, -0.1) is 0 Å². The molecule has 0 spiro atoms. The van der Waals surface area contributed by atoms with Crippen molar-refractivity contribution in [1.29, 1.82) is 0 Å². The molecule has 0 radical (unpaired) electrons. The van der Waals surface area contributed by atoms with Crippen molar-refractivity contribution < 1.29 is 14.3 Å². The molecule has 4 heteroatoms. The number of rotatable bonds is 6. The van der Waals surface area contributed by atoms with Crippen molar-refractivity contribution in [2.45, 2.75) is 19.4 Å². The summed E-state index contributed by atoms with van der Waals surface area (Å²) in [4.78, 5) is 23.5. The number of esters is 1. The monoisotopic (exact) mass is 297 g/mol. The van der Waals surface area contributed by atoms with E-state index in [2.05, 4.69) is 5.32 Å². The molecule has 0 unspecified atom stereocenters. The minimum atomic E-state index is -0.409. The van der Waals surface area contributed by atoms with Crippen molar-refractivity contribution in [3.8, 4) is 0 Å². The molecule has 0 aliphatic heterocycles. The van der Waals surface area contributed by atoms with Gasteiger partial charge in [-0.3, -0.25) is 9.59 Å². The predicted octanol–water partition coefficient (Wildman–Crippen LogP) is 2.65. The molecule has 0 fully saturated rings. The molecule has 0 heterocycles. The number of carbonyl (C=O) groups excluding carboxylic acids is 2. The van der Waals surface area contributed by atoms with Crippen LogP contribution in [0.1, 0.15) is 24.1 Å². The molecule has 0 saturated heterocycles. The van der Waals surface area contributed by atoms with Crippen LogP contribution in [0.25, 0.3) is 0 Å². The summed E-state index contributed by atoms with van der Waals surface area (Å²) < 4.78 is 4.99. The van der Waals surface area contributed by atoms with Gasteiger partial charge in [0.05, 0.1) is 12.5 Å². The second-order valence-electron chi connectivity index (χ2n) is 5.02. The topological polar surface area (TPSA) is 55.4 Å². The average molecular weight is 297 g/mol. The first-order valence-electron chi connectivity index (χ1n) is 7.19. The van der Waals surface area contributed by atoms with Crippen LogP contribution in [0.2, 0.25) is 0 Å². The van der Waals surface area contributed by atoms with Crippen LogP contribution in [0.15, 0.2) is 60.7 Å². The number of hydrogen-bond acceptors (Lipinski definition) is 3. The molecule has 1 N–H and O–H groups in total. The standard InChI is InChI=1S/C18H19NO3/c1-14(16-10-6-3-7-11-16)19-17(20)13-22-18(21)12-15-8-4-2-5-9-15/h2-11,14H,12-13H2,1H3,(H,19,20)/t14-/m0/s1. The fourth-order valence-electron chi connectivity index (χ4n) is 2.07. The third kappa shape index (κ3) is 5.05. The fraction of sp³-hybridized carbons (Fsp3) is 0.222. The van der Waals surface area contributed by atoms with Gasteiger partial charge in [0.25, 0.3) is 5.91 Å². The molecular formula is C18H19NO3. The normalized spacial score (nSPS) is 11.5. The summed E-state index contributed by atoms with van der Waals surface area (Å²) in [6.45, 7) is 1.63. The molecule has 4 nitrogen and oxygen atoms in total. The Morgan fingerprint density at radius 3 is 2.23 bits per heavy atom. The van der Waals surface area contributed by atoms with Crippen LogP contribution >= 0.6 is 0 Å². The molecule has 0 aliphatic rings. The van der Waals surface area contributed by atoms with Crippen LogP contribution in [0, 0.1) is 0 Å². The number of carbonyl (C=O) groups is 2. The zero-order valence-corrected chi connectivity index (χ0v) is 12.5. The van der Waals surface area contributed by atoms with E-state index in [1.165, 1.54) is 0 Å². The molecular weight excluding hydrogens is 278 g/mol. The Labute approximate surface area is 130 Å². The number of nitrogens with one attached hydrogen (secondary N) is 1. The first kappa shape index (κ1) is 15.8. The highest BCUT2D eigenvalue weighted by atomic mass is 16.5. The molecule has 0 bridgehead atoms. The summed E-state index contributed by atoms with van der Waals surface area (Å²) in [5, 5.41) is 2.80. The predicted molar refractivity (Wildman–Crippen MR) is 84.1 cm³/mol. The molecule has 0 aliphatic carbocycles. The first-order chi connectivity index (χ1) is 10.6. The van der Waals surface area contributed by atoms with Gasteiger partial charge in [-0.2, -0.15) is 0 Å². The summed E-state index contributed by atoms with van der Waals surface area (Å²) >= 11 is 0. The Morgan fingerprint density at radius 2 is 1.59 bits per heavy atom. The molecule has 114 valence electrons. The Bertz CT molecular complexity index is 611. The van der Waals surface area contributed by atoms with Crippen molar-refractivity contribution in [3.05, 3.63) is 71.8 Å². The average Bonchev–Trinajstić information content (AvgIpc) is 2.55. The lowest BCUT2D eigenvalue weighted by Gasteiger charge is -2.14. The van der Waals surface area contributed by atoms with Gasteiger partial charge in [0.1, 0.15) is 0 Å². The third-order valence-corrected chi connectivity index (χ3v) is 3.23. The molecule has 0 aromatic heterocycles. The van der Waals surface area contributed by atoms with Crippen LogP contribution in [-0.4, -0.2) is 18.5 Å². The summed E-state index contributed by atoms with van der Waals surface area (Å²) in [7, 11) is 0. The van der Waals surface area contributed by atoms with E-state index in [-0.39, 0.29) is 25.0 Å². The van der Waals surface area contributed by atoms with Crippen LogP contribution in [0.3, 0.4) is 0 Å². The van der Waals surface area contributed by atoms with Gasteiger partial charge in [0.15, 0.2) is 6.61 Å². The molecule has 1 atom stereocenters. The number of benzene rings is 2. The van der Waals surface area contributed by atoms with E-state index < -0.39 is 5.97 Å². The van der Waals surface area contributed by atoms with Crippen molar-refractivity contribution in [3.63, 3.8) is 0 Å². The molecule has 22 heavy (non-hydrogen) atoms. The summed E-state index contributed by atoms with van der Waals surface area (Å²) in [6.07, 6.45) is 0.169. The zero-order chi connectivity index (χ0) is 15.8. The Morgan fingerprint density at radius 1 is 1.00 bits per heavy atom. The zero-order valence-electron chi connectivity index (χ0n) is 12.5. The number of hydrogen-bond donors (Lipinski definition) is 1. The van der Waals surface area contributed by atoms with Crippen LogP contribution in [0.4, 0.5) is 0 Å². The minimum absolute atomic E-state index is 0.124. The van der Waals surface area contributed by atoms with E-state index in [0.29, 0.717) is 0 Å². The highest BCUT2D eigenvalue weighted by Crippen LogP contribution is 2.10. The van der Waals surface area contributed by atoms with Crippen molar-refractivity contribution >= 4 is 11.9 Å². The van der Waals surface area contributed by atoms with Crippen molar-refractivity contribution in [2.75, 3.05) is 6.61 Å². The number of ether oxygens (including phenoxy) is 1. The van der Waals surface area contributed by atoms with Crippen molar-refractivity contribution in [2.24, 2.45) is 0 Å². The smallest absolute Gasteiger partial charge is 0.310 e. The lowest BCUT2D eigenvalue weighted by Crippen LogP contribution is -2.31. The maximum absolute atomic E-state index is 11.8. The van der Waals surface area contributed by atoms with Gasteiger partial charge in [-0.25, -0.2) is 0 Å². The minimum Gasteiger partial charge on any atom is -0.455 e. The van der Waals surface area contributed by atoms with Gasteiger partial charge in [-0.05, 0) is 18.1 Å². The molecule has 2 aromatic rings. The van der Waals surface area contributed by atoms with Gasteiger partial charge in [-0.1, -0.05) is 60.7 Å². The van der Waals surface area contributed by atoms with Gasteiger partial charge in [0.2, 0.25) is 0 Å². The molecule has 1 amide bonds. The SMILES string of the molecule is C[C@H](NC(=O)COC(=O)Cc1ccccc1)c1ccccc1. The Kier molecular flexibility index (Phi) is 5.72. The van der Waals surface area contributed by atoms with E-state index >= 15 is 0 Å². The maximum Gasteiger partial charge on any atom is 0.310 e. The first-order valence-corrected chi connectivity index (χ1v) is 7.19. The molecule has 0 saturated carbocycles. The van der Waals surface area contributed by atoms with E-state index in [9.17, 15) is 9.59 Å². The highest BCUT2D eigenvalue weighted by molar-refractivity contribution is 5.81. The lowest BCUT2D eigenvalue weighted by atomic mass is 10.1. The van der Waals surface area contributed by atoms with Crippen molar-refractivity contribution in [1.82, 2.24) is 5.32 Å². The Balaban J connectivity index is 1.74. The largest absolute Gasteiger partial charge is 0.455 e. The fourth-order valence-corrected chi connectivity index (χ4v) is 2.07. The highest BCUT2D eigenvalue weighted by Gasteiger charge is 2.12. The number of amides is 1. The molecule has 2 aromatic carbocycles. The van der Waals surface area contributed by atoms with Crippen LogP contribution in [-0.2, 0) is 20.7 Å². The molecule has 2 rings (SSSR count). The van der Waals surface area contributed by atoms with Gasteiger partial charge in [0, 0.05) is 0 Å². The van der Waals surface area contributed by atoms with Gasteiger partial charge >= 0.3 is 5.97 Å². The van der Waals surface area contributed by atoms with Crippen LogP contribution < -0.4 is 5.32 Å². The second-order valence-corrected chi connectivity index (χ2v) is 5.02. The second kappa shape index (κ2) is 7.98. The van der Waals surface area contributed by atoms with E-state index in [0.717, 1.165) is 11.1 Å². The summed E-state index contributed by atoms with van der Waals surface area (Å²) in [5.41, 5.74) is 1.87. The quantitative estimate of drug-likeness (QED) is 0.834. The lowest BCUT2D eigenvalue weighted by molar-refractivity contribution is -0.148.